The number of hydrogen-bond donors (Lipinski definition) is 1. The van der Waals surface area contributed by atoms with Gasteiger partial charge in [0, 0.05) is 22.1 Å². The van der Waals surface area contributed by atoms with Gasteiger partial charge in [-0.05, 0) is 55.3 Å². The van der Waals surface area contributed by atoms with Crippen molar-refractivity contribution in [2.45, 2.75) is 25.5 Å². The zero-order valence-corrected chi connectivity index (χ0v) is 19.6. The second-order valence-corrected chi connectivity index (χ2v) is 8.94. The minimum atomic E-state index is -0.0954. The Morgan fingerprint density at radius 2 is 2.10 bits per heavy atom. The van der Waals surface area contributed by atoms with E-state index >= 15 is 0 Å². The minimum Gasteiger partial charge on any atom is -0.453 e. The molecule has 0 unspecified atom stereocenters. The molecule has 2 heterocycles. The lowest BCUT2D eigenvalue weighted by atomic mass is 10.1. The van der Waals surface area contributed by atoms with E-state index in [0.717, 1.165) is 32.3 Å². The first-order valence-electron chi connectivity index (χ1n) is 9.68. The predicted molar refractivity (Wildman–Crippen MR) is 128 cm³/mol. The normalized spacial score (nSPS) is 11.1. The molecule has 1 N–H and O–H groups in total. The molecule has 0 bridgehead atoms. The number of amides is 1. The van der Waals surface area contributed by atoms with Crippen LogP contribution in [0.25, 0.3) is 22.6 Å². The minimum absolute atomic E-state index is 0.0954. The fourth-order valence-electron chi connectivity index (χ4n) is 3.20. The van der Waals surface area contributed by atoms with Crippen LogP contribution in [0.5, 0.6) is 0 Å². The van der Waals surface area contributed by atoms with E-state index in [2.05, 4.69) is 38.0 Å². The third kappa shape index (κ3) is 4.60. The van der Waals surface area contributed by atoms with E-state index in [1.54, 1.807) is 6.08 Å². The Bertz CT molecular complexity index is 1280. The zero-order valence-electron chi connectivity index (χ0n) is 17.2. The highest BCUT2D eigenvalue weighted by Gasteiger charge is 2.18. The Morgan fingerprint density at radius 3 is 2.90 bits per heavy atom. The van der Waals surface area contributed by atoms with E-state index in [4.69, 9.17) is 4.42 Å². The fraction of sp³-hybridized carbons (Fsp3) is 0.174. The van der Waals surface area contributed by atoms with Gasteiger partial charge in [-0.1, -0.05) is 45.9 Å². The number of nitrogens with one attached hydrogen (secondary N) is 1. The molecule has 2 aromatic carbocycles. The van der Waals surface area contributed by atoms with Crippen LogP contribution in [0.2, 0.25) is 0 Å². The van der Waals surface area contributed by atoms with E-state index in [1.165, 1.54) is 11.8 Å². The smallest absolute Gasteiger partial charge is 0.234 e. The average Bonchev–Trinajstić information content (AvgIpc) is 3.33. The summed E-state index contributed by atoms with van der Waals surface area (Å²) in [4.78, 5) is 12.5. The first-order chi connectivity index (χ1) is 15.0. The number of hydrogen-bond acceptors (Lipinski definition) is 5. The topological polar surface area (TPSA) is 73.0 Å². The second kappa shape index (κ2) is 9.11. The molecule has 0 radical (unpaired) electrons. The highest BCUT2D eigenvalue weighted by molar-refractivity contribution is 9.10. The summed E-state index contributed by atoms with van der Waals surface area (Å²) in [5.41, 5.74) is 3.80. The summed E-state index contributed by atoms with van der Waals surface area (Å²) in [6.07, 6.45) is 1.77. The number of aromatic nitrogens is 3. The van der Waals surface area contributed by atoms with E-state index in [9.17, 15) is 4.79 Å². The molecule has 4 aromatic rings. The molecule has 0 aliphatic rings. The summed E-state index contributed by atoms with van der Waals surface area (Å²) in [6, 6.07) is 13.6. The maximum atomic E-state index is 12.5. The van der Waals surface area contributed by atoms with Crippen LogP contribution in [0.4, 0.5) is 5.69 Å². The maximum absolute atomic E-state index is 12.5. The molecule has 0 saturated heterocycles. The number of nitrogens with zero attached hydrogens (tertiary/aromatic N) is 3. The number of rotatable bonds is 7. The third-order valence-electron chi connectivity index (χ3n) is 4.94. The van der Waals surface area contributed by atoms with Crippen LogP contribution in [-0.2, 0) is 11.3 Å². The highest BCUT2D eigenvalue weighted by Crippen LogP contribution is 2.31. The molecule has 0 aliphatic heterocycles. The largest absolute Gasteiger partial charge is 0.453 e. The SMILES string of the molecule is C=CCn1c(SCC(=O)Nc2cccc(C)c2C)nnc1-c1cc2cc(Br)ccc2o1. The molecule has 6 nitrogen and oxygen atoms in total. The number of carbonyl (C=O) groups excluding carboxylic acids is 1. The average molecular weight is 497 g/mol. The van der Waals surface area contributed by atoms with Gasteiger partial charge in [-0.25, -0.2) is 0 Å². The Hall–Kier alpha value is -2.84. The second-order valence-electron chi connectivity index (χ2n) is 7.08. The van der Waals surface area contributed by atoms with Crippen molar-refractivity contribution in [3.8, 4) is 11.6 Å². The van der Waals surface area contributed by atoms with E-state index in [0.29, 0.717) is 23.3 Å². The molecule has 2 aromatic heterocycles. The molecule has 31 heavy (non-hydrogen) atoms. The summed E-state index contributed by atoms with van der Waals surface area (Å²) in [6.45, 7) is 8.36. The predicted octanol–water partition coefficient (Wildman–Crippen LogP) is 5.99. The molecular weight excluding hydrogens is 476 g/mol. The molecule has 0 saturated carbocycles. The number of anilines is 1. The Balaban J connectivity index is 1.53. The number of benzene rings is 2. The van der Waals surface area contributed by atoms with Crippen molar-refractivity contribution >= 4 is 50.3 Å². The van der Waals surface area contributed by atoms with Crippen molar-refractivity contribution in [1.29, 1.82) is 0 Å². The molecule has 4 rings (SSSR count). The van der Waals surface area contributed by atoms with Gasteiger partial charge in [0.1, 0.15) is 5.58 Å². The molecule has 1 amide bonds. The summed E-state index contributed by atoms with van der Waals surface area (Å²) < 4.78 is 8.85. The molecule has 8 heteroatoms. The number of fused-ring (bicyclic) bond motifs is 1. The number of thioether (sulfide) groups is 1. The van der Waals surface area contributed by atoms with Gasteiger partial charge in [-0.15, -0.1) is 16.8 Å². The summed E-state index contributed by atoms with van der Waals surface area (Å²) in [7, 11) is 0. The number of aryl methyl sites for hydroxylation is 1. The van der Waals surface area contributed by atoms with Crippen LogP contribution in [-0.4, -0.2) is 26.4 Å². The first kappa shape index (κ1) is 21.4. The van der Waals surface area contributed by atoms with Crippen LogP contribution in [0.3, 0.4) is 0 Å². The van der Waals surface area contributed by atoms with Crippen molar-refractivity contribution in [3.05, 3.63) is 70.7 Å². The standard InChI is InChI=1S/C23H21BrN4O2S/c1-4-10-28-22(20-12-16-11-17(24)8-9-19(16)30-20)26-27-23(28)31-13-21(29)25-18-7-5-6-14(2)15(18)3/h4-9,11-12H,1,10,13H2,2-3H3,(H,25,29). The van der Waals surface area contributed by atoms with Crippen LogP contribution in [0.15, 0.2) is 69.2 Å². The number of furan rings is 1. The van der Waals surface area contributed by atoms with E-state index in [1.807, 2.05) is 60.9 Å². The molecule has 0 atom stereocenters. The van der Waals surface area contributed by atoms with E-state index < -0.39 is 0 Å². The van der Waals surface area contributed by atoms with Crippen LogP contribution < -0.4 is 5.32 Å². The number of allylic oxidation sites excluding steroid dienone is 1. The molecule has 0 spiro atoms. The number of carbonyl (C=O) groups is 1. The molecule has 0 aliphatic carbocycles. The Morgan fingerprint density at radius 1 is 1.26 bits per heavy atom. The third-order valence-corrected chi connectivity index (χ3v) is 6.40. The summed E-state index contributed by atoms with van der Waals surface area (Å²) >= 11 is 4.81. The maximum Gasteiger partial charge on any atom is 0.234 e. The molecule has 0 fully saturated rings. The van der Waals surface area contributed by atoms with Crippen LogP contribution in [0.1, 0.15) is 11.1 Å². The lowest BCUT2D eigenvalue weighted by Gasteiger charge is -2.10. The van der Waals surface area contributed by atoms with Gasteiger partial charge in [-0.2, -0.15) is 0 Å². The van der Waals surface area contributed by atoms with Gasteiger partial charge in [0.2, 0.25) is 11.7 Å². The van der Waals surface area contributed by atoms with Gasteiger partial charge in [0.05, 0.1) is 5.75 Å². The van der Waals surface area contributed by atoms with E-state index in [-0.39, 0.29) is 11.7 Å². The van der Waals surface area contributed by atoms with Gasteiger partial charge >= 0.3 is 0 Å². The summed E-state index contributed by atoms with van der Waals surface area (Å²) in [5, 5.41) is 13.2. The Labute approximate surface area is 192 Å². The van der Waals surface area contributed by atoms with Crippen molar-refractivity contribution in [2.75, 3.05) is 11.1 Å². The highest BCUT2D eigenvalue weighted by atomic mass is 79.9. The zero-order chi connectivity index (χ0) is 22.0. The van der Waals surface area contributed by atoms with Gasteiger partial charge in [-0.3, -0.25) is 9.36 Å². The monoisotopic (exact) mass is 496 g/mol. The fourth-order valence-corrected chi connectivity index (χ4v) is 4.33. The first-order valence-corrected chi connectivity index (χ1v) is 11.5. The van der Waals surface area contributed by atoms with Crippen molar-refractivity contribution < 1.29 is 9.21 Å². The van der Waals surface area contributed by atoms with Crippen molar-refractivity contribution in [3.63, 3.8) is 0 Å². The molecular formula is C23H21BrN4O2S. The van der Waals surface area contributed by atoms with Gasteiger partial charge in [0.15, 0.2) is 10.9 Å². The van der Waals surface area contributed by atoms with Crippen molar-refractivity contribution in [2.24, 2.45) is 0 Å². The number of halogens is 1. The van der Waals surface area contributed by atoms with Crippen LogP contribution in [0, 0.1) is 13.8 Å². The van der Waals surface area contributed by atoms with Gasteiger partial charge in [0.25, 0.3) is 0 Å². The van der Waals surface area contributed by atoms with Crippen molar-refractivity contribution in [1.82, 2.24) is 14.8 Å². The van der Waals surface area contributed by atoms with Crippen LogP contribution >= 0.6 is 27.7 Å². The lowest BCUT2D eigenvalue weighted by Crippen LogP contribution is -2.15. The quantitative estimate of drug-likeness (QED) is 0.251. The lowest BCUT2D eigenvalue weighted by molar-refractivity contribution is -0.113. The molecule has 158 valence electrons. The summed E-state index contributed by atoms with van der Waals surface area (Å²) in [5.74, 6) is 1.34. The van der Waals surface area contributed by atoms with Gasteiger partial charge < -0.3 is 9.73 Å². The Kier molecular flexibility index (Phi) is 6.29.